The summed E-state index contributed by atoms with van der Waals surface area (Å²) in [6, 6.07) is 0. The molecule has 0 saturated heterocycles. The van der Waals surface area contributed by atoms with Crippen LogP contribution in [0.3, 0.4) is 0 Å². The average molecular weight is 340 g/mol. The number of Topliss-reactive ketones (excluding diaryl/α,β-unsaturated/α-hetero) is 1. The first-order chi connectivity index (χ1) is 10.8. The van der Waals surface area contributed by atoms with Crippen LogP contribution >= 0.6 is 0 Å². The molecule has 0 aromatic carbocycles. The van der Waals surface area contributed by atoms with E-state index in [0.717, 1.165) is 19.3 Å². The summed E-state index contributed by atoms with van der Waals surface area (Å²) in [4.78, 5) is 13.4. The second kappa shape index (κ2) is 9.91. The highest BCUT2D eigenvalue weighted by molar-refractivity contribution is 7.98. The molecule has 0 aromatic rings. The maximum Gasteiger partial charge on any atom is 0.188 e. The van der Waals surface area contributed by atoms with Gasteiger partial charge in [-0.05, 0) is 49.9 Å². The van der Waals surface area contributed by atoms with Crippen LogP contribution in [0.25, 0.3) is 0 Å². The Kier molecular flexibility index (Phi) is 8.97. The lowest BCUT2D eigenvalue weighted by Crippen LogP contribution is -2.46. The van der Waals surface area contributed by atoms with Gasteiger partial charge in [0.05, 0.1) is 0 Å². The lowest BCUT2D eigenvalue weighted by Gasteiger charge is -2.32. The van der Waals surface area contributed by atoms with Gasteiger partial charge in [-0.1, -0.05) is 59.1 Å². The molecule has 23 heavy (non-hydrogen) atoms. The molecule has 0 radical (unpaired) electrons. The van der Waals surface area contributed by atoms with Crippen molar-refractivity contribution < 1.29 is 4.79 Å². The fraction of sp³-hybridized carbons (Fsp3) is 0.857. The Hall–Kier alpha value is -0.240. The first-order valence-electron chi connectivity index (χ1n) is 9.66. The van der Waals surface area contributed by atoms with Crippen molar-refractivity contribution in [1.29, 1.82) is 0 Å². The third-order valence-electron chi connectivity index (χ3n) is 4.94. The zero-order chi connectivity index (χ0) is 17.5. The van der Waals surface area contributed by atoms with Crippen LogP contribution in [0, 0.1) is 11.3 Å². The number of hydrogen-bond donors (Lipinski definition) is 0. The van der Waals surface area contributed by atoms with E-state index in [0.29, 0.717) is 5.78 Å². The molecule has 2 heteroatoms. The van der Waals surface area contributed by atoms with Gasteiger partial charge in [0.1, 0.15) is 11.5 Å². The van der Waals surface area contributed by atoms with Crippen LogP contribution in [0.1, 0.15) is 86.5 Å². The predicted molar refractivity (Wildman–Crippen MR) is 106 cm³/mol. The lowest BCUT2D eigenvalue weighted by molar-refractivity contribution is -0.124. The summed E-state index contributed by atoms with van der Waals surface area (Å²) >= 11 is 0. The van der Waals surface area contributed by atoms with Crippen molar-refractivity contribution in [2.45, 2.75) is 91.7 Å². The summed E-state index contributed by atoms with van der Waals surface area (Å²) < 4.78 is 0. The molecule has 0 spiro atoms. The average Bonchev–Trinajstić information content (AvgIpc) is 2.49. The second-order valence-electron chi connectivity index (χ2n) is 8.32. The van der Waals surface area contributed by atoms with Crippen LogP contribution in [0.15, 0.2) is 11.6 Å². The Labute approximate surface area is 148 Å². The van der Waals surface area contributed by atoms with E-state index in [4.69, 9.17) is 0 Å². The molecule has 0 aliphatic heterocycles. The van der Waals surface area contributed by atoms with Crippen molar-refractivity contribution in [2.24, 2.45) is 11.3 Å². The van der Waals surface area contributed by atoms with Crippen molar-refractivity contribution in [3.05, 3.63) is 11.6 Å². The number of carbonyl (C=O) groups excluding carboxylic acids is 1. The van der Waals surface area contributed by atoms with Gasteiger partial charge >= 0.3 is 0 Å². The molecule has 0 bridgehead atoms. The van der Waals surface area contributed by atoms with Crippen LogP contribution < -0.4 is 0 Å². The smallest absolute Gasteiger partial charge is 0.188 e. The highest BCUT2D eigenvalue weighted by Crippen LogP contribution is 2.35. The van der Waals surface area contributed by atoms with Gasteiger partial charge < -0.3 is 0 Å². The van der Waals surface area contributed by atoms with Crippen LogP contribution in [0.2, 0.25) is 0 Å². The molecular formula is C21H39OS+. The van der Waals surface area contributed by atoms with Gasteiger partial charge in [-0.3, -0.25) is 4.79 Å². The Morgan fingerprint density at radius 1 is 1.22 bits per heavy atom. The lowest BCUT2D eigenvalue weighted by atomic mass is 9.80. The van der Waals surface area contributed by atoms with E-state index in [-0.39, 0.29) is 27.5 Å². The zero-order valence-electron chi connectivity index (χ0n) is 16.4. The molecule has 0 fully saturated rings. The molecular weight excluding hydrogens is 300 g/mol. The molecule has 1 rings (SSSR count). The molecule has 2 atom stereocenters. The number of allylic oxidation sites excluding steroid dienone is 2. The van der Waals surface area contributed by atoms with Crippen LogP contribution in [-0.4, -0.2) is 22.5 Å². The molecule has 0 N–H and O–H groups in total. The van der Waals surface area contributed by atoms with Gasteiger partial charge in [0.15, 0.2) is 11.0 Å². The normalized spacial score (nSPS) is 20.5. The largest absolute Gasteiger partial charge is 0.294 e. The maximum atomic E-state index is 13.4. The summed E-state index contributed by atoms with van der Waals surface area (Å²) in [6.45, 7) is 13.6. The standard InChI is InChI=1S/C21H39OS/c1-7-9-15-23(16-10-8-2)20(21(4,5)6)19(22)18-13-11-17(3)12-14-18/h11,18,20H,7-10,12-16H2,1-6H3/q+1. The molecule has 0 aromatic heterocycles. The quantitative estimate of drug-likeness (QED) is 0.375. The minimum absolute atomic E-state index is 0.0951. The Morgan fingerprint density at radius 2 is 1.78 bits per heavy atom. The maximum absolute atomic E-state index is 13.4. The SMILES string of the molecule is CCCC[S+](CCCC)C(C(=O)C1CC=C(C)CC1)C(C)(C)C. The Bertz CT molecular complexity index is 383. The monoisotopic (exact) mass is 339 g/mol. The summed E-state index contributed by atoms with van der Waals surface area (Å²) in [7, 11) is 0.258. The van der Waals surface area contributed by atoms with Crippen LogP contribution in [-0.2, 0) is 15.7 Å². The number of carbonyl (C=O) groups is 1. The van der Waals surface area contributed by atoms with Crippen LogP contribution in [0.4, 0.5) is 0 Å². The first kappa shape index (κ1) is 20.8. The van der Waals surface area contributed by atoms with Gasteiger partial charge in [0.25, 0.3) is 0 Å². The fourth-order valence-electron chi connectivity index (χ4n) is 3.53. The molecule has 1 nitrogen and oxygen atoms in total. The number of ketones is 1. The van der Waals surface area contributed by atoms with Crippen molar-refractivity contribution in [1.82, 2.24) is 0 Å². The van der Waals surface area contributed by atoms with Crippen molar-refractivity contribution in [2.75, 3.05) is 11.5 Å². The molecule has 134 valence electrons. The second-order valence-corrected chi connectivity index (χ2v) is 10.7. The first-order valence-corrected chi connectivity index (χ1v) is 11.3. The van der Waals surface area contributed by atoms with Crippen LogP contribution in [0.5, 0.6) is 0 Å². The van der Waals surface area contributed by atoms with Crippen molar-refractivity contribution in [3.8, 4) is 0 Å². The molecule has 2 unspecified atom stereocenters. The third kappa shape index (κ3) is 6.64. The van der Waals surface area contributed by atoms with E-state index < -0.39 is 0 Å². The van der Waals surface area contributed by atoms with E-state index in [1.807, 2.05) is 0 Å². The molecule has 0 saturated carbocycles. The fourth-order valence-corrected chi connectivity index (χ4v) is 7.04. The van der Waals surface area contributed by atoms with Gasteiger partial charge in [0, 0.05) is 11.3 Å². The van der Waals surface area contributed by atoms with Gasteiger partial charge in [0.2, 0.25) is 0 Å². The Morgan fingerprint density at radius 3 is 2.17 bits per heavy atom. The molecule has 0 amide bonds. The molecule has 1 aliphatic carbocycles. The molecule has 1 aliphatic rings. The minimum atomic E-state index is 0.0951. The van der Waals surface area contributed by atoms with Gasteiger partial charge in [-0.25, -0.2) is 0 Å². The number of hydrogen-bond acceptors (Lipinski definition) is 1. The summed E-state index contributed by atoms with van der Waals surface area (Å²) in [6.07, 6.45) is 10.5. The molecule has 0 heterocycles. The van der Waals surface area contributed by atoms with E-state index in [2.05, 4.69) is 47.6 Å². The Balaban J connectivity index is 2.93. The highest BCUT2D eigenvalue weighted by Gasteiger charge is 2.46. The zero-order valence-corrected chi connectivity index (χ0v) is 17.2. The van der Waals surface area contributed by atoms with E-state index >= 15 is 0 Å². The summed E-state index contributed by atoms with van der Waals surface area (Å²) in [5, 5.41) is 0.261. The minimum Gasteiger partial charge on any atom is -0.294 e. The van der Waals surface area contributed by atoms with Gasteiger partial charge in [-0.15, -0.1) is 0 Å². The summed E-state index contributed by atoms with van der Waals surface area (Å²) in [5.74, 6) is 3.37. The third-order valence-corrected chi connectivity index (χ3v) is 8.17. The summed E-state index contributed by atoms with van der Waals surface area (Å²) in [5.41, 5.74) is 1.56. The number of unbranched alkanes of at least 4 members (excludes halogenated alkanes) is 2. The highest BCUT2D eigenvalue weighted by atomic mass is 32.2. The topological polar surface area (TPSA) is 17.1 Å². The van der Waals surface area contributed by atoms with Crippen molar-refractivity contribution in [3.63, 3.8) is 0 Å². The predicted octanol–water partition coefficient (Wildman–Crippen LogP) is 5.94. The van der Waals surface area contributed by atoms with E-state index in [9.17, 15) is 4.79 Å². The van der Waals surface area contributed by atoms with E-state index in [1.54, 1.807) is 0 Å². The number of rotatable bonds is 9. The van der Waals surface area contributed by atoms with Gasteiger partial charge in [-0.2, -0.15) is 0 Å². The van der Waals surface area contributed by atoms with Crippen molar-refractivity contribution >= 4 is 16.7 Å². The van der Waals surface area contributed by atoms with E-state index in [1.165, 1.54) is 42.8 Å².